The third-order valence-corrected chi connectivity index (χ3v) is 6.48. The fourth-order valence-electron chi connectivity index (χ4n) is 4.86. The van der Waals surface area contributed by atoms with E-state index in [-0.39, 0.29) is 35.9 Å². The summed E-state index contributed by atoms with van der Waals surface area (Å²) < 4.78 is 66.0. The molecule has 1 N–H and O–H groups in total. The van der Waals surface area contributed by atoms with E-state index in [9.17, 15) is 17.6 Å². The van der Waals surface area contributed by atoms with Crippen LogP contribution in [-0.4, -0.2) is 44.0 Å². The molecule has 13 heteroatoms. The Hall–Kier alpha value is -3.38. The Bertz CT molecular complexity index is 1190. The minimum absolute atomic E-state index is 0.0909. The lowest BCUT2D eigenvalue weighted by molar-refractivity contribution is -0.140. The van der Waals surface area contributed by atoms with Crippen molar-refractivity contribution < 1.29 is 26.8 Å². The van der Waals surface area contributed by atoms with Gasteiger partial charge in [0.25, 0.3) is 0 Å². The van der Waals surface area contributed by atoms with E-state index in [2.05, 4.69) is 30.4 Å². The molecule has 1 aromatic carbocycles. The van der Waals surface area contributed by atoms with Crippen LogP contribution in [0.4, 0.5) is 29.5 Å². The first-order valence-corrected chi connectivity index (χ1v) is 11.4. The van der Waals surface area contributed by atoms with Gasteiger partial charge in [0.15, 0.2) is 17.4 Å². The van der Waals surface area contributed by atoms with E-state index in [0.717, 1.165) is 38.1 Å². The first kappa shape index (κ1) is 23.4. The second-order valence-corrected chi connectivity index (χ2v) is 9.27. The Morgan fingerprint density at radius 2 is 1.86 bits per heavy atom. The molecule has 1 aliphatic heterocycles. The Balaban J connectivity index is 1.35. The molecule has 2 bridgehead atoms. The summed E-state index contributed by atoms with van der Waals surface area (Å²) in [6, 6.07) is 3.18. The number of hydrogen-bond acceptors (Lipinski definition) is 8. The molecule has 2 fully saturated rings. The van der Waals surface area contributed by atoms with Crippen molar-refractivity contribution >= 4 is 12.0 Å². The Labute approximate surface area is 198 Å². The van der Waals surface area contributed by atoms with Crippen LogP contribution in [-0.2, 0) is 6.18 Å². The predicted molar refractivity (Wildman–Crippen MR) is 117 cm³/mol. The number of halogens is 4. The van der Waals surface area contributed by atoms with Crippen molar-refractivity contribution in [3.8, 4) is 11.8 Å². The molecular formula is C22H25F4N7O2. The second kappa shape index (κ2) is 8.68. The summed E-state index contributed by atoms with van der Waals surface area (Å²) in [5, 5.41) is 11.7. The van der Waals surface area contributed by atoms with E-state index >= 15 is 0 Å². The normalized spacial score (nSPS) is 22.2. The number of anilines is 2. The zero-order valence-electron chi connectivity index (χ0n) is 19.4. The van der Waals surface area contributed by atoms with Crippen molar-refractivity contribution in [1.29, 1.82) is 0 Å². The van der Waals surface area contributed by atoms with Crippen molar-refractivity contribution in [2.24, 2.45) is 11.8 Å². The minimum Gasteiger partial charge on any atom is -0.421 e. The molecule has 0 spiro atoms. The zero-order valence-corrected chi connectivity index (χ0v) is 19.4. The van der Waals surface area contributed by atoms with Gasteiger partial charge in [-0.05, 0) is 57.6 Å². The molecular weight excluding hydrogens is 470 g/mol. The van der Waals surface area contributed by atoms with Crippen LogP contribution in [0.3, 0.4) is 0 Å². The third kappa shape index (κ3) is 4.50. The summed E-state index contributed by atoms with van der Waals surface area (Å²) in [6.07, 6.45) is -2.82. The molecule has 35 heavy (non-hydrogen) atoms. The molecule has 0 amide bonds. The van der Waals surface area contributed by atoms with Gasteiger partial charge in [-0.25, -0.2) is 9.07 Å². The average Bonchev–Trinajstić information content (AvgIpc) is 3.45. The van der Waals surface area contributed by atoms with Crippen LogP contribution in [0.25, 0.3) is 0 Å². The first-order chi connectivity index (χ1) is 16.6. The number of piperidine rings is 1. The van der Waals surface area contributed by atoms with Crippen LogP contribution in [0.15, 0.2) is 22.7 Å². The van der Waals surface area contributed by atoms with Crippen LogP contribution in [0, 0.1) is 24.6 Å². The highest BCUT2D eigenvalue weighted by atomic mass is 19.4. The van der Waals surface area contributed by atoms with Crippen molar-refractivity contribution in [2.75, 3.05) is 23.3 Å². The number of nitrogens with zero attached hydrogens (tertiary/aromatic N) is 6. The van der Waals surface area contributed by atoms with Crippen LogP contribution < -0.4 is 15.0 Å². The summed E-state index contributed by atoms with van der Waals surface area (Å²) >= 11 is 0. The summed E-state index contributed by atoms with van der Waals surface area (Å²) in [7, 11) is 0. The van der Waals surface area contributed by atoms with Crippen LogP contribution in [0.2, 0.25) is 0 Å². The molecule has 3 atom stereocenters. The van der Waals surface area contributed by atoms with Crippen molar-refractivity contribution in [1.82, 2.24) is 24.9 Å². The van der Waals surface area contributed by atoms with Crippen molar-refractivity contribution in [3.63, 3.8) is 0 Å². The average molecular weight is 495 g/mol. The monoisotopic (exact) mass is 495 g/mol. The molecule has 1 aliphatic carbocycles. The highest BCUT2D eigenvalue weighted by molar-refractivity contribution is 5.37. The molecule has 2 aromatic heterocycles. The molecule has 0 unspecified atom stereocenters. The molecule has 188 valence electrons. The summed E-state index contributed by atoms with van der Waals surface area (Å²) in [5.41, 5.74) is -1.40. The molecule has 1 saturated carbocycles. The molecule has 2 aliphatic rings. The lowest BCUT2D eigenvalue weighted by Crippen LogP contribution is -2.48. The van der Waals surface area contributed by atoms with Gasteiger partial charge in [-0.15, -0.1) is 5.10 Å². The van der Waals surface area contributed by atoms with Gasteiger partial charge in [-0.1, -0.05) is 11.2 Å². The van der Waals surface area contributed by atoms with Gasteiger partial charge in [0.2, 0.25) is 5.95 Å². The second-order valence-electron chi connectivity index (χ2n) is 9.27. The lowest BCUT2D eigenvalue weighted by Gasteiger charge is -2.37. The van der Waals surface area contributed by atoms with Crippen LogP contribution in [0.5, 0.6) is 11.8 Å². The van der Waals surface area contributed by atoms with E-state index in [1.165, 1.54) is 4.68 Å². The number of nitrogens with one attached hydrogen (secondary N) is 1. The standard InChI is InChI=1S/C22H25F4N7O2/c1-11(2)33-21(34-16-6-4-5-15(17(16)23)22(24,25)26)29-19(30-33)28-18-13-7-8-14(18)10-32(9-13)20-27-12(3)31-35-20/h4-6,11,13-14,18H,7-10H2,1-3H3,(H,28,30)/t13-,14+,18+. The molecule has 1 saturated heterocycles. The van der Waals surface area contributed by atoms with Crippen LogP contribution >= 0.6 is 0 Å². The van der Waals surface area contributed by atoms with Crippen molar-refractivity contribution in [2.45, 2.75) is 51.9 Å². The smallest absolute Gasteiger partial charge is 0.419 e. The van der Waals surface area contributed by atoms with Gasteiger partial charge in [0.1, 0.15) is 0 Å². The molecule has 3 heterocycles. The van der Waals surface area contributed by atoms with E-state index in [0.29, 0.717) is 17.9 Å². The maximum Gasteiger partial charge on any atom is 0.419 e. The van der Waals surface area contributed by atoms with E-state index in [1.807, 2.05) is 13.8 Å². The lowest BCUT2D eigenvalue weighted by atomic mass is 9.92. The van der Waals surface area contributed by atoms with Gasteiger partial charge < -0.3 is 19.5 Å². The highest BCUT2D eigenvalue weighted by Crippen LogP contribution is 2.40. The van der Waals surface area contributed by atoms with Crippen LogP contribution in [0.1, 0.15) is 44.1 Å². The summed E-state index contributed by atoms with van der Waals surface area (Å²) in [5.74, 6) is -0.612. The molecule has 9 nitrogen and oxygen atoms in total. The minimum atomic E-state index is -4.84. The number of ether oxygens (including phenoxy) is 1. The maximum atomic E-state index is 14.5. The number of rotatable bonds is 6. The topological polar surface area (TPSA) is 94.1 Å². The van der Waals surface area contributed by atoms with Gasteiger partial charge in [0.05, 0.1) is 11.6 Å². The Kier molecular flexibility index (Phi) is 5.80. The molecule has 0 radical (unpaired) electrons. The number of aromatic nitrogens is 5. The number of alkyl halides is 3. The van der Waals surface area contributed by atoms with Gasteiger partial charge in [-0.3, -0.25) is 0 Å². The Morgan fingerprint density at radius 3 is 2.46 bits per heavy atom. The number of benzene rings is 1. The van der Waals surface area contributed by atoms with E-state index < -0.39 is 23.3 Å². The van der Waals surface area contributed by atoms with Gasteiger partial charge >= 0.3 is 18.2 Å². The maximum absolute atomic E-state index is 14.5. The zero-order chi connectivity index (χ0) is 24.9. The number of hydrogen-bond donors (Lipinski definition) is 1. The SMILES string of the molecule is Cc1noc(N2C[C@H]3CC[C@@H](C2)[C@H]3Nc2nc(Oc3cccc(C(F)(F)F)c3F)n(C(C)C)n2)n1. The van der Waals surface area contributed by atoms with E-state index in [1.54, 1.807) is 6.92 Å². The fourth-order valence-corrected chi connectivity index (χ4v) is 4.86. The quantitative estimate of drug-likeness (QED) is 0.486. The largest absolute Gasteiger partial charge is 0.421 e. The number of fused-ring (bicyclic) bond motifs is 2. The fraction of sp³-hybridized carbons (Fsp3) is 0.545. The third-order valence-electron chi connectivity index (χ3n) is 6.48. The van der Waals surface area contributed by atoms with Crippen molar-refractivity contribution in [3.05, 3.63) is 35.4 Å². The molecule has 3 aromatic rings. The summed E-state index contributed by atoms with van der Waals surface area (Å²) in [6.45, 7) is 6.89. The van der Waals surface area contributed by atoms with Gasteiger partial charge in [0, 0.05) is 19.1 Å². The molecule has 5 rings (SSSR count). The predicted octanol–water partition coefficient (Wildman–Crippen LogP) is 4.83. The Morgan fingerprint density at radius 1 is 1.14 bits per heavy atom. The number of aryl methyl sites for hydroxylation is 1. The highest BCUT2D eigenvalue weighted by Gasteiger charge is 2.44. The van der Waals surface area contributed by atoms with Gasteiger partial charge in [-0.2, -0.15) is 23.1 Å². The van der Waals surface area contributed by atoms with E-state index in [4.69, 9.17) is 9.26 Å². The summed E-state index contributed by atoms with van der Waals surface area (Å²) in [4.78, 5) is 10.8. The first-order valence-electron chi connectivity index (χ1n) is 11.4.